The fraction of sp³-hybridized carbons (Fsp3) is 0.357. The van der Waals surface area contributed by atoms with Crippen molar-refractivity contribution in [2.75, 3.05) is 11.4 Å². The molecule has 0 aromatic carbocycles. The van der Waals surface area contributed by atoms with Gasteiger partial charge in [0.15, 0.2) is 0 Å². The van der Waals surface area contributed by atoms with E-state index >= 15 is 0 Å². The minimum absolute atomic E-state index is 0.324. The fourth-order valence-corrected chi connectivity index (χ4v) is 3.16. The summed E-state index contributed by atoms with van der Waals surface area (Å²) >= 11 is 1.69. The van der Waals surface area contributed by atoms with Crippen molar-refractivity contribution < 1.29 is 0 Å². The van der Waals surface area contributed by atoms with Gasteiger partial charge in [-0.1, -0.05) is 0 Å². The summed E-state index contributed by atoms with van der Waals surface area (Å²) in [6.45, 7) is 3.04. The van der Waals surface area contributed by atoms with Gasteiger partial charge >= 0.3 is 0 Å². The van der Waals surface area contributed by atoms with Crippen LogP contribution < -0.4 is 4.90 Å². The number of pyridine rings is 1. The maximum absolute atomic E-state index is 8.81. The molecule has 2 aromatic heterocycles. The predicted molar refractivity (Wildman–Crippen MR) is 75.1 cm³/mol. The highest BCUT2D eigenvalue weighted by molar-refractivity contribution is 7.09. The Morgan fingerprint density at radius 2 is 2.37 bits per heavy atom. The second kappa shape index (κ2) is 4.98. The number of anilines is 1. The van der Waals surface area contributed by atoms with Crippen molar-refractivity contribution in [3.63, 3.8) is 0 Å². The molecule has 0 radical (unpaired) electrons. The fourth-order valence-electron chi connectivity index (χ4n) is 2.50. The Hall–Kier alpha value is -1.93. The summed E-state index contributed by atoms with van der Waals surface area (Å²) in [6.07, 6.45) is 3.91. The van der Waals surface area contributed by atoms with E-state index < -0.39 is 0 Å². The van der Waals surface area contributed by atoms with Gasteiger partial charge in [0, 0.05) is 18.1 Å². The topological polar surface area (TPSA) is 52.8 Å². The quantitative estimate of drug-likeness (QED) is 0.841. The number of rotatable bonds is 2. The Balaban J connectivity index is 1.88. The van der Waals surface area contributed by atoms with Gasteiger partial charge in [-0.25, -0.2) is 9.97 Å². The molecular weight excluding hydrogens is 256 g/mol. The summed E-state index contributed by atoms with van der Waals surface area (Å²) in [5, 5.41) is 12.1. The number of aryl methyl sites for hydroxylation is 1. The third kappa shape index (κ3) is 2.32. The average molecular weight is 270 g/mol. The van der Waals surface area contributed by atoms with E-state index in [1.807, 2.05) is 19.1 Å². The standard InChI is InChI=1S/C14H14N4S/c1-10-17-12(9-19-10)13-3-2-6-18(13)14-5-4-11(7-15)8-16-14/h4-5,8-9,13H,2-3,6H2,1H3/t13-/m0/s1. The summed E-state index contributed by atoms with van der Waals surface area (Å²) < 4.78 is 0. The molecule has 1 atom stereocenters. The summed E-state index contributed by atoms with van der Waals surface area (Å²) in [6, 6.07) is 6.17. The van der Waals surface area contributed by atoms with E-state index in [-0.39, 0.29) is 0 Å². The number of nitriles is 1. The van der Waals surface area contributed by atoms with Gasteiger partial charge in [0.05, 0.1) is 22.3 Å². The first-order chi connectivity index (χ1) is 9.28. The Kier molecular flexibility index (Phi) is 3.18. The number of aromatic nitrogens is 2. The first-order valence-electron chi connectivity index (χ1n) is 6.33. The van der Waals surface area contributed by atoms with E-state index in [1.54, 1.807) is 17.5 Å². The van der Waals surface area contributed by atoms with Crippen LogP contribution in [0.4, 0.5) is 5.82 Å². The molecule has 1 aliphatic heterocycles. The van der Waals surface area contributed by atoms with Gasteiger partial charge in [-0.05, 0) is 31.9 Å². The number of hydrogen-bond acceptors (Lipinski definition) is 5. The summed E-state index contributed by atoms with van der Waals surface area (Å²) in [5.41, 5.74) is 1.75. The van der Waals surface area contributed by atoms with Crippen LogP contribution in [0.1, 0.15) is 35.1 Å². The normalized spacial score (nSPS) is 18.5. The molecule has 1 fully saturated rings. The number of thiazole rings is 1. The molecule has 0 saturated carbocycles. The third-order valence-corrected chi connectivity index (χ3v) is 4.19. The lowest BCUT2D eigenvalue weighted by Crippen LogP contribution is -2.23. The van der Waals surface area contributed by atoms with Crippen LogP contribution in [-0.2, 0) is 0 Å². The zero-order chi connectivity index (χ0) is 13.2. The van der Waals surface area contributed by atoms with Crippen molar-refractivity contribution >= 4 is 17.2 Å². The number of nitrogens with zero attached hydrogens (tertiary/aromatic N) is 4. The first-order valence-corrected chi connectivity index (χ1v) is 7.21. The van der Waals surface area contributed by atoms with E-state index in [9.17, 15) is 0 Å². The Morgan fingerprint density at radius 3 is 3.00 bits per heavy atom. The van der Waals surface area contributed by atoms with Crippen LogP contribution in [0.2, 0.25) is 0 Å². The molecule has 0 unspecified atom stereocenters. The Labute approximate surface area is 116 Å². The lowest BCUT2D eigenvalue weighted by molar-refractivity contribution is 0.691. The molecule has 0 amide bonds. The Morgan fingerprint density at radius 1 is 1.47 bits per heavy atom. The largest absolute Gasteiger partial charge is 0.348 e. The molecule has 0 aliphatic carbocycles. The van der Waals surface area contributed by atoms with Gasteiger partial charge in [-0.2, -0.15) is 5.26 Å². The van der Waals surface area contributed by atoms with E-state index in [4.69, 9.17) is 5.26 Å². The molecule has 19 heavy (non-hydrogen) atoms. The lowest BCUT2D eigenvalue weighted by atomic mass is 10.1. The lowest BCUT2D eigenvalue weighted by Gasteiger charge is -2.24. The first kappa shape index (κ1) is 12.1. The number of hydrogen-bond donors (Lipinski definition) is 0. The van der Waals surface area contributed by atoms with E-state index in [2.05, 4.69) is 26.3 Å². The van der Waals surface area contributed by atoms with Crippen molar-refractivity contribution in [3.05, 3.63) is 40.0 Å². The molecular formula is C14H14N4S. The smallest absolute Gasteiger partial charge is 0.129 e. The molecule has 0 bridgehead atoms. The highest BCUT2D eigenvalue weighted by Gasteiger charge is 2.28. The van der Waals surface area contributed by atoms with Crippen LogP contribution in [0.25, 0.3) is 0 Å². The SMILES string of the molecule is Cc1nc([C@@H]2CCCN2c2ccc(C#N)cn2)cs1. The van der Waals surface area contributed by atoms with Crippen molar-refractivity contribution in [2.24, 2.45) is 0 Å². The van der Waals surface area contributed by atoms with Crippen molar-refractivity contribution in [1.29, 1.82) is 5.26 Å². The highest BCUT2D eigenvalue weighted by atomic mass is 32.1. The highest BCUT2D eigenvalue weighted by Crippen LogP contribution is 2.35. The van der Waals surface area contributed by atoms with Gasteiger partial charge in [-0.15, -0.1) is 11.3 Å². The zero-order valence-corrected chi connectivity index (χ0v) is 11.5. The second-order valence-electron chi connectivity index (χ2n) is 4.66. The summed E-state index contributed by atoms with van der Waals surface area (Å²) in [7, 11) is 0. The zero-order valence-electron chi connectivity index (χ0n) is 10.7. The monoisotopic (exact) mass is 270 g/mol. The molecule has 1 saturated heterocycles. The van der Waals surface area contributed by atoms with Crippen molar-refractivity contribution in [3.8, 4) is 6.07 Å². The minimum Gasteiger partial charge on any atom is -0.348 e. The molecule has 0 spiro atoms. The van der Waals surface area contributed by atoms with Gasteiger partial charge in [0.2, 0.25) is 0 Å². The van der Waals surface area contributed by atoms with Gasteiger partial charge in [0.1, 0.15) is 11.9 Å². The van der Waals surface area contributed by atoms with E-state index in [0.29, 0.717) is 11.6 Å². The Bertz CT molecular complexity index is 611. The molecule has 2 aromatic rings. The van der Waals surface area contributed by atoms with Crippen LogP contribution in [-0.4, -0.2) is 16.5 Å². The molecule has 3 heterocycles. The predicted octanol–water partition coefficient (Wildman–Crippen LogP) is 3.06. The van der Waals surface area contributed by atoms with Gasteiger partial charge < -0.3 is 4.90 Å². The minimum atomic E-state index is 0.324. The summed E-state index contributed by atoms with van der Waals surface area (Å²) in [4.78, 5) is 11.3. The third-order valence-electron chi connectivity index (χ3n) is 3.40. The molecule has 0 N–H and O–H groups in total. The second-order valence-corrected chi connectivity index (χ2v) is 5.72. The molecule has 3 rings (SSSR count). The van der Waals surface area contributed by atoms with Crippen LogP contribution in [0.5, 0.6) is 0 Å². The summed E-state index contributed by atoms with van der Waals surface area (Å²) in [5.74, 6) is 0.937. The van der Waals surface area contributed by atoms with Gasteiger partial charge in [0.25, 0.3) is 0 Å². The molecule has 4 nitrogen and oxygen atoms in total. The van der Waals surface area contributed by atoms with Crippen LogP contribution in [0, 0.1) is 18.3 Å². The van der Waals surface area contributed by atoms with Crippen molar-refractivity contribution in [2.45, 2.75) is 25.8 Å². The van der Waals surface area contributed by atoms with Crippen LogP contribution >= 0.6 is 11.3 Å². The maximum Gasteiger partial charge on any atom is 0.129 e. The van der Waals surface area contributed by atoms with Gasteiger partial charge in [-0.3, -0.25) is 0 Å². The molecule has 96 valence electrons. The average Bonchev–Trinajstić information content (AvgIpc) is 3.07. The van der Waals surface area contributed by atoms with E-state index in [1.165, 1.54) is 0 Å². The van der Waals surface area contributed by atoms with E-state index in [0.717, 1.165) is 35.9 Å². The van der Waals surface area contributed by atoms with Crippen LogP contribution in [0.15, 0.2) is 23.7 Å². The van der Waals surface area contributed by atoms with Crippen molar-refractivity contribution in [1.82, 2.24) is 9.97 Å². The molecule has 5 heteroatoms. The maximum atomic E-state index is 8.81. The molecule has 1 aliphatic rings. The van der Waals surface area contributed by atoms with Crippen LogP contribution in [0.3, 0.4) is 0 Å².